The summed E-state index contributed by atoms with van der Waals surface area (Å²) in [5, 5.41) is 5.43. The zero-order valence-electron chi connectivity index (χ0n) is 13.8. The van der Waals surface area contributed by atoms with E-state index in [1.165, 1.54) is 18.5 Å². The number of rotatable bonds is 2. The summed E-state index contributed by atoms with van der Waals surface area (Å²) >= 11 is 0. The van der Waals surface area contributed by atoms with Gasteiger partial charge in [0.25, 0.3) is 0 Å². The van der Waals surface area contributed by atoms with Gasteiger partial charge in [0.15, 0.2) is 5.65 Å². The van der Waals surface area contributed by atoms with E-state index in [0.29, 0.717) is 17.9 Å². The molecule has 2 aromatic heterocycles. The number of hydrogen-bond acceptors (Lipinski definition) is 4. The Bertz CT molecular complexity index is 856. The molecule has 1 aromatic carbocycles. The topological polar surface area (TPSA) is 69.6 Å². The fourth-order valence-electron chi connectivity index (χ4n) is 2.74. The fraction of sp³-hybridized carbons (Fsp3) is 0.353. The molecule has 0 spiro atoms. The predicted molar refractivity (Wildman–Crippen MR) is 88.7 cm³/mol. The lowest BCUT2D eigenvalue weighted by molar-refractivity contribution is 0.363. The van der Waals surface area contributed by atoms with Gasteiger partial charge in [-0.2, -0.15) is 5.10 Å². The first-order chi connectivity index (χ1) is 10.8. The van der Waals surface area contributed by atoms with Crippen LogP contribution in [0.15, 0.2) is 24.5 Å². The van der Waals surface area contributed by atoms with Crippen molar-refractivity contribution in [3.05, 3.63) is 47.2 Å². The van der Waals surface area contributed by atoms with E-state index in [9.17, 15) is 4.39 Å². The van der Waals surface area contributed by atoms with Crippen molar-refractivity contribution in [1.82, 2.24) is 19.7 Å². The first kappa shape index (κ1) is 15.4. The molecule has 3 rings (SSSR count). The van der Waals surface area contributed by atoms with Gasteiger partial charge in [-0.1, -0.05) is 6.07 Å². The SMILES string of the molecule is Cc1cc(F)cc(Cc2nn(C(C)(C)C)c3ncnc(N)c23)c1. The van der Waals surface area contributed by atoms with Crippen LogP contribution in [0, 0.1) is 12.7 Å². The molecule has 2 heterocycles. The third-order valence-electron chi connectivity index (χ3n) is 3.68. The van der Waals surface area contributed by atoms with Crippen molar-refractivity contribution in [3.8, 4) is 0 Å². The molecular weight excluding hydrogens is 293 g/mol. The lowest BCUT2D eigenvalue weighted by atomic mass is 10.1. The van der Waals surface area contributed by atoms with Gasteiger partial charge in [-0.15, -0.1) is 0 Å². The smallest absolute Gasteiger partial charge is 0.164 e. The number of nitrogens with zero attached hydrogens (tertiary/aromatic N) is 4. The highest BCUT2D eigenvalue weighted by Crippen LogP contribution is 2.28. The average molecular weight is 313 g/mol. The summed E-state index contributed by atoms with van der Waals surface area (Å²) in [7, 11) is 0. The maximum absolute atomic E-state index is 13.6. The first-order valence-corrected chi connectivity index (χ1v) is 7.50. The molecule has 6 heteroatoms. The molecular formula is C17H20FN5. The Morgan fingerprint density at radius 1 is 1.17 bits per heavy atom. The summed E-state index contributed by atoms with van der Waals surface area (Å²) in [6.45, 7) is 8.02. The molecule has 120 valence electrons. The number of aromatic nitrogens is 4. The largest absolute Gasteiger partial charge is 0.383 e. The number of nitrogen functional groups attached to an aromatic ring is 1. The summed E-state index contributed by atoms with van der Waals surface area (Å²) in [6, 6.07) is 4.98. The van der Waals surface area contributed by atoms with Crippen molar-refractivity contribution < 1.29 is 4.39 Å². The summed E-state index contributed by atoms with van der Waals surface area (Å²) in [5.41, 5.74) is 9.00. The molecule has 3 aromatic rings. The number of anilines is 1. The number of nitrogens with two attached hydrogens (primary N) is 1. The minimum absolute atomic E-state index is 0.241. The molecule has 2 N–H and O–H groups in total. The number of aryl methyl sites for hydroxylation is 1. The second kappa shape index (κ2) is 5.30. The number of benzene rings is 1. The molecule has 0 bridgehead atoms. The Hall–Kier alpha value is -2.50. The Labute approximate surface area is 134 Å². The van der Waals surface area contributed by atoms with Gasteiger partial charge in [-0.05, 0) is 51.0 Å². The van der Waals surface area contributed by atoms with Crippen LogP contribution in [0.25, 0.3) is 11.0 Å². The minimum Gasteiger partial charge on any atom is -0.383 e. The van der Waals surface area contributed by atoms with Crippen molar-refractivity contribution in [2.75, 3.05) is 5.73 Å². The lowest BCUT2D eigenvalue weighted by Crippen LogP contribution is -2.23. The summed E-state index contributed by atoms with van der Waals surface area (Å²) < 4.78 is 15.5. The van der Waals surface area contributed by atoms with Gasteiger partial charge in [-0.25, -0.2) is 19.0 Å². The first-order valence-electron chi connectivity index (χ1n) is 7.50. The normalized spacial score (nSPS) is 12.0. The summed E-state index contributed by atoms with van der Waals surface area (Å²) in [6.07, 6.45) is 1.92. The van der Waals surface area contributed by atoms with Crippen molar-refractivity contribution >= 4 is 16.9 Å². The maximum Gasteiger partial charge on any atom is 0.164 e. The highest BCUT2D eigenvalue weighted by Gasteiger charge is 2.23. The lowest BCUT2D eigenvalue weighted by Gasteiger charge is -2.19. The molecule has 0 atom stereocenters. The molecule has 0 unspecified atom stereocenters. The molecule has 0 radical (unpaired) electrons. The average Bonchev–Trinajstić information content (AvgIpc) is 2.77. The van der Waals surface area contributed by atoms with E-state index in [1.54, 1.807) is 0 Å². The highest BCUT2D eigenvalue weighted by atomic mass is 19.1. The van der Waals surface area contributed by atoms with E-state index in [1.807, 2.05) is 38.4 Å². The van der Waals surface area contributed by atoms with Gasteiger partial charge < -0.3 is 5.73 Å². The highest BCUT2D eigenvalue weighted by molar-refractivity contribution is 5.88. The minimum atomic E-state index is -0.246. The number of fused-ring (bicyclic) bond motifs is 1. The summed E-state index contributed by atoms with van der Waals surface area (Å²) in [5.74, 6) is 0.150. The zero-order valence-corrected chi connectivity index (χ0v) is 13.8. The monoisotopic (exact) mass is 313 g/mol. The summed E-state index contributed by atoms with van der Waals surface area (Å²) in [4.78, 5) is 8.42. The molecule has 5 nitrogen and oxygen atoms in total. The van der Waals surface area contributed by atoms with E-state index in [4.69, 9.17) is 5.73 Å². The third kappa shape index (κ3) is 2.88. The van der Waals surface area contributed by atoms with E-state index in [2.05, 4.69) is 15.1 Å². The van der Waals surface area contributed by atoms with Crippen molar-refractivity contribution in [1.29, 1.82) is 0 Å². The second-order valence-electron chi connectivity index (χ2n) is 6.80. The Morgan fingerprint density at radius 2 is 1.91 bits per heavy atom. The van der Waals surface area contributed by atoms with Crippen LogP contribution in [-0.2, 0) is 12.0 Å². The molecule has 0 aliphatic carbocycles. The van der Waals surface area contributed by atoms with E-state index in [-0.39, 0.29) is 11.4 Å². The van der Waals surface area contributed by atoms with Crippen LogP contribution in [0.5, 0.6) is 0 Å². The van der Waals surface area contributed by atoms with Crippen LogP contribution in [0.1, 0.15) is 37.6 Å². The Morgan fingerprint density at radius 3 is 2.57 bits per heavy atom. The van der Waals surface area contributed by atoms with Crippen molar-refractivity contribution in [2.24, 2.45) is 0 Å². The second-order valence-corrected chi connectivity index (χ2v) is 6.80. The molecule has 0 amide bonds. The molecule has 0 fully saturated rings. The molecule has 0 saturated heterocycles. The quantitative estimate of drug-likeness (QED) is 0.789. The molecule has 0 saturated carbocycles. The Balaban J connectivity index is 2.17. The van der Waals surface area contributed by atoms with Crippen LogP contribution in [0.3, 0.4) is 0 Å². The number of hydrogen-bond donors (Lipinski definition) is 1. The van der Waals surface area contributed by atoms with E-state index < -0.39 is 0 Å². The zero-order chi connectivity index (χ0) is 16.8. The van der Waals surface area contributed by atoms with Crippen molar-refractivity contribution in [3.63, 3.8) is 0 Å². The van der Waals surface area contributed by atoms with Gasteiger partial charge in [-0.3, -0.25) is 0 Å². The standard InChI is InChI=1S/C17H20FN5/c1-10-5-11(7-12(18)6-10)8-13-14-15(19)20-9-21-16(14)23(22-13)17(2,3)4/h5-7,9H,8H2,1-4H3,(H2,19,20,21). The van der Waals surface area contributed by atoms with Crippen LogP contribution in [0.2, 0.25) is 0 Å². The van der Waals surface area contributed by atoms with Gasteiger partial charge in [0.05, 0.1) is 16.6 Å². The maximum atomic E-state index is 13.6. The van der Waals surface area contributed by atoms with Crippen LogP contribution >= 0.6 is 0 Å². The van der Waals surface area contributed by atoms with Crippen LogP contribution < -0.4 is 5.73 Å². The molecule has 0 aliphatic heterocycles. The molecule has 23 heavy (non-hydrogen) atoms. The van der Waals surface area contributed by atoms with E-state index in [0.717, 1.165) is 22.2 Å². The van der Waals surface area contributed by atoms with Crippen molar-refractivity contribution in [2.45, 2.75) is 39.7 Å². The number of halogens is 1. The van der Waals surface area contributed by atoms with Crippen LogP contribution in [-0.4, -0.2) is 19.7 Å². The van der Waals surface area contributed by atoms with Gasteiger partial charge in [0.2, 0.25) is 0 Å². The van der Waals surface area contributed by atoms with E-state index >= 15 is 0 Å². The van der Waals surface area contributed by atoms with Gasteiger partial charge in [0.1, 0.15) is 18.0 Å². The fourth-order valence-corrected chi connectivity index (χ4v) is 2.74. The van der Waals surface area contributed by atoms with Gasteiger partial charge in [0, 0.05) is 6.42 Å². The molecule has 0 aliphatic rings. The van der Waals surface area contributed by atoms with Gasteiger partial charge >= 0.3 is 0 Å². The third-order valence-corrected chi connectivity index (χ3v) is 3.68. The Kier molecular flexibility index (Phi) is 3.55. The van der Waals surface area contributed by atoms with Crippen LogP contribution in [0.4, 0.5) is 10.2 Å². The predicted octanol–water partition coefficient (Wildman–Crippen LogP) is 3.20.